The highest BCUT2D eigenvalue weighted by molar-refractivity contribution is 14.0. The van der Waals surface area contributed by atoms with E-state index in [9.17, 15) is 13.2 Å². The first-order valence-electron chi connectivity index (χ1n) is 9.55. The summed E-state index contributed by atoms with van der Waals surface area (Å²) in [5.41, 5.74) is 1.65. The minimum atomic E-state index is -4.31. The number of rotatable bonds is 10. The zero-order chi connectivity index (χ0) is 21.2. The number of nitrogens with one attached hydrogen (secondary N) is 2. The standard InChI is InChI=1S/C20H33F3N4O.HI/c1-15(2)27(16(3)4)10-9-25-19(24-5)26-12-17-7-6-8-18(11-17)13-28-14-20(21,22)23;/h6-8,11,15-16H,9-10,12-14H2,1-5H3,(H2,24,25,26);1H. The van der Waals surface area contributed by atoms with Gasteiger partial charge in [-0.25, -0.2) is 0 Å². The molecule has 0 saturated carbocycles. The molecule has 0 atom stereocenters. The molecule has 0 aliphatic heterocycles. The van der Waals surface area contributed by atoms with Crippen molar-refractivity contribution in [2.75, 3.05) is 26.7 Å². The molecule has 0 fully saturated rings. The lowest BCUT2D eigenvalue weighted by Gasteiger charge is -2.30. The molecule has 0 aliphatic rings. The molecule has 1 aromatic carbocycles. The predicted octanol–water partition coefficient (Wildman–Crippen LogP) is 4.17. The molecule has 0 bridgehead atoms. The molecule has 0 amide bonds. The number of guanidine groups is 1. The zero-order valence-corrected chi connectivity index (χ0v) is 20.2. The van der Waals surface area contributed by atoms with Crippen LogP contribution in [-0.2, 0) is 17.9 Å². The summed E-state index contributed by atoms with van der Waals surface area (Å²) in [4.78, 5) is 6.61. The second-order valence-electron chi connectivity index (χ2n) is 7.21. The van der Waals surface area contributed by atoms with Crippen LogP contribution in [0.1, 0.15) is 38.8 Å². The number of alkyl halides is 3. The Labute approximate surface area is 189 Å². The quantitative estimate of drug-likeness (QED) is 0.271. The Morgan fingerprint density at radius 2 is 1.72 bits per heavy atom. The van der Waals surface area contributed by atoms with Gasteiger partial charge in [-0.1, -0.05) is 24.3 Å². The Morgan fingerprint density at radius 3 is 2.28 bits per heavy atom. The van der Waals surface area contributed by atoms with Crippen LogP contribution in [-0.4, -0.2) is 55.9 Å². The Bertz CT molecular complexity index is 602. The fourth-order valence-electron chi connectivity index (χ4n) is 2.94. The molecule has 0 radical (unpaired) electrons. The van der Waals surface area contributed by atoms with Gasteiger partial charge >= 0.3 is 6.18 Å². The van der Waals surface area contributed by atoms with Crippen molar-refractivity contribution in [1.29, 1.82) is 0 Å². The van der Waals surface area contributed by atoms with Gasteiger partial charge < -0.3 is 15.4 Å². The second-order valence-corrected chi connectivity index (χ2v) is 7.21. The van der Waals surface area contributed by atoms with Crippen LogP contribution < -0.4 is 10.6 Å². The van der Waals surface area contributed by atoms with Crippen LogP contribution in [0.25, 0.3) is 0 Å². The van der Waals surface area contributed by atoms with Gasteiger partial charge in [0.15, 0.2) is 5.96 Å². The van der Waals surface area contributed by atoms with E-state index in [0.717, 1.165) is 18.7 Å². The lowest BCUT2D eigenvalue weighted by atomic mass is 10.1. The van der Waals surface area contributed by atoms with Gasteiger partial charge in [0.1, 0.15) is 6.61 Å². The van der Waals surface area contributed by atoms with Crippen LogP contribution >= 0.6 is 24.0 Å². The minimum absolute atomic E-state index is 0. The number of halogens is 4. The molecule has 0 heterocycles. The molecular weight excluding hydrogens is 496 g/mol. The van der Waals surface area contributed by atoms with Crippen LogP contribution in [0.15, 0.2) is 29.3 Å². The van der Waals surface area contributed by atoms with Gasteiger partial charge in [-0.2, -0.15) is 13.2 Å². The van der Waals surface area contributed by atoms with Crippen molar-refractivity contribution in [3.8, 4) is 0 Å². The molecule has 0 aromatic heterocycles. The van der Waals surface area contributed by atoms with Gasteiger partial charge in [0, 0.05) is 38.8 Å². The summed E-state index contributed by atoms with van der Waals surface area (Å²) in [6.45, 7) is 9.60. The summed E-state index contributed by atoms with van der Waals surface area (Å²) < 4.78 is 41.2. The summed E-state index contributed by atoms with van der Waals surface area (Å²) in [6, 6.07) is 8.24. The van der Waals surface area contributed by atoms with Gasteiger partial charge in [0.25, 0.3) is 0 Å². The molecule has 2 N–H and O–H groups in total. The monoisotopic (exact) mass is 530 g/mol. The largest absolute Gasteiger partial charge is 0.411 e. The van der Waals surface area contributed by atoms with E-state index in [0.29, 0.717) is 30.2 Å². The van der Waals surface area contributed by atoms with E-state index in [1.54, 1.807) is 13.1 Å². The Morgan fingerprint density at radius 1 is 1.10 bits per heavy atom. The molecular formula is C20H34F3IN4O. The maximum Gasteiger partial charge on any atom is 0.411 e. The van der Waals surface area contributed by atoms with Crippen LogP contribution in [0.4, 0.5) is 13.2 Å². The number of benzene rings is 1. The topological polar surface area (TPSA) is 48.9 Å². The van der Waals surface area contributed by atoms with Gasteiger partial charge in [0.05, 0.1) is 6.61 Å². The highest BCUT2D eigenvalue weighted by Gasteiger charge is 2.27. The van der Waals surface area contributed by atoms with Gasteiger partial charge in [-0.05, 0) is 38.8 Å². The molecule has 0 saturated heterocycles. The fourth-order valence-corrected chi connectivity index (χ4v) is 2.94. The molecule has 168 valence electrons. The van der Waals surface area contributed by atoms with Gasteiger partial charge in [-0.15, -0.1) is 24.0 Å². The molecule has 5 nitrogen and oxygen atoms in total. The summed E-state index contributed by atoms with van der Waals surface area (Å²) in [7, 11) is 1.71. The SMILES string of the molecule is CN=C(NCCN(C(C)C)C(C)C)NCc1cccc(COCC(F)(F)F)c1.I. The van der Waals surface area contributed by atoms with Crippen LogP contribution in [0.3, 0.4) is 0 Å². The third-order valence-electron chi connectivity index (χ3n) is 4.20. The number of hydrogen-bond donors (Lipinski definition) is 2. The number of nitrogens with zero attached hydrogens (tertiary/aromatic N) is 2. The Hall–Kier alpha value is -1.07. The lowest BCUT2D eigenvalue weighted by molar-refractivity contribution is -0.176. The third kappa shape index (κ3) is 12.3. The number of hydrogen-bond acceptors (Lipinski definition) is 3. The average molecular weight is 530 g/mol. The molecule has 1 rings (SSSR count). The summed E-state index contributed by atoms with van der Waals surface area (Å²) >= 11 is 0. The molecule has 9 heteroatoms. The van der Waals surface area contributed by atoms with Crippen LogP contribution in [0, 0.1) is 0 Å². The van der Waals surface area contributed by atoms with Crippen molar-refractivity contribution >= 4 is 29.9 Å². The molecule has 29 heavy (non-hydrogen) atoms. The Kier molecular flexibility index (Phi) is 13.5. The maximum absolute atomic E-state index is 12.2. The smallest absolute Gasteiger partial charge is 0.367 e. The van der Waals surface area contributed by atoms with Crippen molar-refractivity contribution in [3.63, 3.8) is 0 Å². The van der Waals surface area contributed by atoms with E-state index in [1.807, 2.05) is 18.2 Å². The maximum atomic E-state index is 12.2. The molecule has 1 aromatic rings. The summed E-state index contributed by atoms with van der Waals surface area (Å²) in [5, 5.41) is 6.52. The lowest BCUT2D eigenvalue weighted by Crippen LogP contribution is -2.45. The van der Waals surface area contributed by atoms with Crippen molar-refractivity contribution < 1.29 is 17.9 Å². The van der Waals surface area contributed by atoms with Crippen molar-refractivity contribution in [1.82, 2.24) is 15.5 Å². The molecule has 0 unspecified atom stereocenters. The van der Waals surface area contributed by atoms with Gasteiger partial charge in [0.2, 0.25) is 0 Å². The van der Waals surface area contributed by atoms with Crippen LogP contribution in [0.5, 0.6) is 0 Å². The van der Waals surface area contributed by atoms with Crippen molar-refractivity contribution in [2.24, 2.45) is 4.99 Å². The van der Waals surface area contributed by atoms with Crippen molar-refractivity contribution in [2.45, 2.75) is 59.1 Å². The van der Waals surface area contributed by atoms with Crippen LogP contribution in [0.2, 0.25) is 0 Å². The van der Waals surface area contributed by atoms with E-state index in [4.69, 9.17) is 4.74 Å². The highest BCUT2D eigenvalue weighted by Crippen LogP contribution is 2.16. The Balaban J connectivity index is 0.00000784. The fraction of sp³-hybridized carbons (Fsp3) is 0.650. The first-order chi connectivity index (χ1) is 13.1. The normalized spacial score (nSPS) is 12.4. The van der Waals surface area contributed by atoms with E-state index in [2.05, 4.69) is 48.2 Å². The second kappa shape index (κ2) is 14.0. The first kappa shape index (κ1) is 27.9. The van der Waals surface area contributed by atoms with Gasteiger partial charge in [-0.3, -0.25) is 9.89 Å². The first-order valence-corrected chi connectivity index (χ1v) is 9.55. The number of ether oxygens (including phenoxy) is 1. The zero-order valence-electron chi connectivity index (χ0n) is 17.8. The van der Waals surface area contributed by atoms with Crippen molar-refractivity contribution in [3.05, 3.63) is 35.4 Å². The molecule has 0 spiro atoms. The number of aliphatic imine (C=N–C) groups is 1. The predicted molar refractivity (Wildman–Crippen MR) is 123 cm³/mol. The third-order valence-corrected chi connectivity index (χ3v) is 4.20. The highest BCUT2D eigenvalue weighted by atomic mass is 127. The van der Waals surface area contributed by atoms with E-state index >= 15 is 0 Å². The summed E-state index contributed by atoms with van der Waals surface area (Å²) in [6.07, 6.45) is -4.31. The van der Waals surface area contributed by atoms with E-state index in [1.165, 1.54) is 0 Å². The molecule has 0 aliphatic carbocycles. The summed E-state index contributed by atoms with van der Waals surface area (Å²) in [5.74, 6) is 0.686. The average Bonchev–Trinajstić information content (AvgIpc) is 2.59. The minimum Gasteiger partial charge on any atom is -0.367 e. The van der Waals surface area contributed by atoms with E-state index < -0.39 is 12.8 Å². The van der Waals surface area contributed by atoms with E-state index in [-0.39, 0.29) is 30.6 Å².